The zero-order valence-corrected chi connectivity index (χ0v) is 16.9. The van der Waals surface area contributed by atoms with Crippen molar-refractivity contribution >= 4 is 22.9 Å². The van der Waals surface area contributed by atoms with Crippen molar-refractivity contribution in [2.24, 2.45) is 0 Å². The zero-order valence-electron chi connectivity index (χ0n) is 16.9. The molecule has 0 fully saturated rings. The van der Waals surface area contributed by atoms with Gasteiger partial charge in [-0.2, -0.15) is 4.57 Å². The third-order valence-corrected chi connectivity index (χ3v) is 5.09. The molecule has 1 amide bonds. The Morgan fingerprint density at radius 3 is 2.29 bits per heavy atom. The zero-order chi connectivity index (χ0) is 21.6. The van der Waals surface area contributed by atoms with E-state index in [4.69, 9.17) is 4.42 Å². The maximum atomic E-state index is 12.7. The number of oxazole rings is 1. The molecule has 0 atom stereocenters. The van der Waals surface area contributed by atoms with E-state index in [1.54, 1.807) is 30.3 Å². The van der Waals surface area contributed by atoms with Crippen molar-refractivity contribution in [3.05, 3.63) is 106 Å². The van der Waals surface area contributed by atoms with Crippen LogP contribution in [0.4, 0.5) is 4.79 Å². The van der Waals surface area contributed by atoms with E-state index < -0.39 is 11.8 Å². The van der Waals surface area contributed by atoms with Crippen molar-refractivity contribution in [3.8, 4) is 0 Å². The van der Waals surface area contributed by atoms with Crippen molar-refractivity contribution < 1.29 is 14.0 Å². The van der Waals surface area contributed by atoms with Crippen LogP contribution < -0.4 is 11.1 Å². The summed E-state index contributed by atoms with van der Waals surface area (Å²) in [5.41, 5.74) is 2.69. The molecule has 6 heteroatoms. The van der Waals surface area contributed by atoms with Gasteiger partial charge >= 0.3 is 11.8 Å². The smallest absolute Gasteiger partial charge is 0.407 e. The number of fused-ring (bicyclic) bond motifs is 1. The van der Waals surface area contributed by atoms with Gasteiger partial charge in [-0.1, -0.05) is 60.7 Å². The first-order valence-electron chi connectivity index (χ1n) is 10.2. The maximum Gasteiger partial charge on any atom is 0.428 e. The van der Waals surface area contributed by atoms with Crippen LogP contribution in [0.1, 0.15) is 34.3 Å². The van der Waals surface area contributed by atoms with Gasteiger partial charge in [-0.15, -0.1) is 0 Å². The van der Waals surface area contributed by atoms with Gasteiger partial charge < -0.3 is 9.73 Å². The number of hydrogen-bond donors (Lipinski definition) is 1. The lowest BCUT2D eigenvalue weighted by Gasteiger charge is -2.06. The van der Waals surface area contributed by atoms with Crippen LogP contribution in [0.2, 0.25) is 0 Å². The Hall–Kier alpha value is -3.93. The van der Waals surface area contributed by atoms with Crippen LogP contribution in [0.15, 0.2) is 88.1 Å². The van der Waals surface area contributed by atoms with Crippen LogP contribution in [0.3, 0.4) is 0 Å². The van der Waals surface area contributed by atoms with Gasteiger partial charge in [0.2, 0.25) is 0 Å². The number of carbonyl (C=O) groups excluding carboxylic acids is 2. The molecular formula is C25H22N2O4. The van der Waals surface area contributed by atoms with E-state index in [9.17, 15) is 14.4 Å². The number of nitrogens with zero attached hydrogens (tertiary/aromatic N) is 1. The van der Waals surface area contributed by atoms with Crippen LogP contribution in [-0.2, 0) is 6.42 Å². The van der Waals surface area contributed by atoms with E-state index in [2.05, 4.69) is 17.4 Å². The number of carbonyl (C=O) groups is 2. The van der Waals surface area contributed by atoms with E-state index in [1.165, 1.54) is 17.7 Å². The van der Waals surface area contributed by atoms with Crippen LogP contribution in [0, 0.1) is 0 Å². The van der Waals surface area contributed by atoms with Crippen molar-refractivity contribution in [1.29, 1.82) is 0 Å². The molecule has 0 unspecified atom stereocenters. The number of benzene rings is 3. The molecule has 0 saturated heterocycles. The molecule has 1 N–H and O–H groups in total. The van der Waals surface area contributed by atoms with Crippen LogP contribution in [0.5, 0.6) is 0 Å². The molecule has 0 aliphatic carbocycles. The molecule has 4 aromatic rings. The number of nitrogens with one attached hydrogen (secondary N) is 1. The number of ketones is 1. The average molecular weight is 414 g/mol. The summed E-state index contributed by atoms with van der Waals surface area (Å²) < 4.78 is 6.12. The van der Waals surface area contributed by atoms with E-state index in [0.717, 1.165) is 23.8 Å². The Bertz CT molecular complexity index is 1260. The largest absolute Gasteiger partial charge is 0.428 e. The Morgan fingerprint density at radius 2 is 1.55 bits per heavy atom. The first-order valence-corrected chi connectivity index (χ1v) is 10.2. The minimum atomic E-state index is -0.777. The lowest BCUT2D eigenvalue weighted by atomic mass is 10.0. The SMILES string of the molecule is O=C(c1ccccc1)c1ccc2oc(=O)n(C(=O)NCCCCc3ccccc3)c2c1. The molecule has 1 aromatic heterocycles. The normalized spacial score (nSPS) is 10.8. The fourth-order valence-corrected chi connectivity index (χ4v) is 3.48. The summed E-state index contributed by atoms with van der Waals surface area (Å²) in [7, 11) is 0. The van der Waals surface area contributed by atoms with Gasteiger partial charge in [0.25, 0.3) is 0 Å². The quantitative estimate of drug-likeness (QED) is 0.359. The van der Waals surface area contributed by atoms with Gasteiger partial charge in [-0.3, -0.25) is 4.79 Å². The predicted molar refractivity (Wildman–Crippen MR) is 119 cm³/mol. The summed E-state index contributed by atoms with van der Waals surface area (Å²) in [5, 5.41) is 2.76. The summed E-state index contributed by atoms with van der Waals surface area (Å²) in [6.07, 6.45) is 2.63. The van der Waals surface area contributed by atoms with Gasteiger partial charge in [-0.25, -0.2) is 9.59 Å². The first kappa shape index (κ1) is 20.3. The Morgan fingerprint density at radius 1 is 0.839 bits per heavy atom. The van der Waals surface area contributed by atoms with Gasteiger partial charge in [0.05, 0.1) is 0 Å². The molecule has 3 aromatic carbocycles. The van der Waals surface area contributed by atoms with Gasteiger partial charge in [-0.05, 0) is 43.0 Å². The highest BCUT2D eigenvalue weighted by Gasteiger charge is 2.18. The second-order valence-electron chi connectivity index (χ2n) is 7.26. The van der Waals surface area contributed by atoms with E-state index in [0.29, 0.717) is 17.7 Å². The Labute approximate surface area is 179 Å². The van der Waals surface area contributed by atoms with Gasteiger partial charge in [0.1, 0.15) is 5.52 Å². The molecular weight excluding hydrogens is 392 g/mol. The average Bonchev–Trinajstić information content (AvgIpc) is 3.14. The molecule has 6 nitrogen and oxygen atoms in total. The topological polar surface area (TPSA) is 81.3 Å². The first-order chi connectivity index (χ1) is 15.1. The summed E-state index contributed by atoms with van der Waals surface area (Å²) in [6, 6.07) is 23.1. The number of unbranched alkanes of at least 4 members (excludes halogenated alkanes) is 1. The van der Waals surface area contributed by atoms with Crippen molar-refractivity contribution in [2.75, 3.05) is 6.54 Å². The number of aryl methyl sites for hydroxylation is 1. The van der Waals surface area contributed by atoms with Crippen molar-refractivity contribution in [1.82, 2.24) is 9.88 Å². The van der Waals surface area contributed by atoms with Crippen molar-refractivity contribution in [3.63, 3.8) is 0 Å². The molecule has 4 rings (SSSR count). The third kappa shape index (κ3) is 4.64. The third-order valence-electron chi connectivity index (χ3n) is 5.09. The molecule has 0 aliphatic heterocycles. The molecule has 31 heavy (non-hydrogen) atoms. The molecule has 0 bridgehead atoms. The van der Waals surface area contributed by atoms with Crippen LogP contribution in [-0.4, -0.2) is 22.9 Å². The van der Waals surface area contributed by atoms with Gasteiger partial charge in [0, 0.05) is 17.7 Å². The second kappa shape index (κ2) is 9.26. The maximum absolute atomic E-state index is 12.7. The minimum Gasteiger partial charge on any atom is -0.407 e. The van der Waals surface area contributed by atoms with E-state index in [-0.39, 0.29) is 16.9 Å². The number of hydrogen-bond acceptors (Lipinski definition) is 4. The van der Waals surface area contributed by atoms with Crippen LogP contribution in [0.25, 0.3) is 11.1 Å². The minimum absolute atomic E-state index is 0.191. The Kier molecular flexibility index (Phi) is 6.08. The standard InChI is InChI=1S/C25H22N2O4/c28-23(19-12-5-2-6-13-19)20-14-15-22-21(17-20)27(25(30)31-22)24(29)26-16-8-7-11-18-9-3-1-4-10-18/h1-6,9-10,12-15,17H,7-8,11,16H2,(H,26,29). The molecule has 0 saturated carbocycles. The highest BCUT2D eigenvalue weighted by Crippen LogP contribution is 2.18. The summed E-state index contributed by atoms with van der Waals surface area (Å²) >= 11 is 0. The lowest BCUT2D eigenvalue weighted by molar-refractivity contribution is 0.103. The molecule has 0 radical (unpaired) electrons. The van der Waals surface area contributed by atoms with E-state index in [1.807, 2.05) is 24.3 Å². The summed E-state index contributed by atoms with van der Waals surface area (Å²) in [5.74, 6) is -0.967. The lowest BCUT2D eigenvalue weighted by Crippen LogP contribution is -2.34. The fraction of sp³-hybridized carbons (Fsp3) is 0.160. The highest BCUT2D eigenvalue weighted by molar-refractivity contribution is 6.10. The number of rotatable bonds is 7. The number of amides is 1. The monoisotopic (exact) mass is 414 g/mol. The summed E-state index contributed by atoms with van der Waals surface area (Å²) in [4.78, 5) is 37.6. The van der Waals surface area contributed by atoms with Crippen LogP contribution >= 0.6 is 0 Å². The van der Waals surface area contributed by atoms with E-state index >= 15 is 0 Å². The highest BCUT2D eigenvalue weighted by atomic mass is 16.4. The van der Waals surface area contributed by atoms with Gasteiger partial charge in [0.15, 0.2) is 11.4 Å². The van der Waals surface area contributed by atoms with Crippen molar-refractivity contribution in [2.45, 2.75) is 19.3 Å². The fourth-order valence-electron chi connectivity index (χ4n) is 3.48. The second-order valence-corrected chi connectivity index (χ2v) is 7.26. The molecule has 1 heterocycles. The number of aromatic nitrogens is 1. The molecule has 0 spiro atoms. The summed E-state index contributed by atoms with van der Waals surface area (Å²) in [6.45, 7) is 0.438. The Balaban J connectivity index is 1.45. The predicted octanol–water partition coefficient (Wildman–Crippen LogP) is 4.41. The molecule has 156 valence electrons. The molecule has 0 aliphatic rings.